The molecule has 0 atom stereocenters. The molecule has 4 heteroatoms. The van der Waals surface area contributed by atoms with E-state index in [-0.39, 0.29) is 11.5 Å². The lowest BCUT2D eigenvalue weighted by molar-refractivity contribution is -0.131. The molecule has 1 rings (SSSR count). The van der Waals surface area contributed by atoms with Gasteiger partial charge in [-0.05, 0) is 19.1 Å². The molecule has 0 saturated carbocycles. The van der Waals surface area contributed by atoms with Gasteiger partial charge in [0, 0.05) is 24.4 Å². The van der Waals surface area contributed by atoms with Gasteiger partial charge in [-0.25, -0.2) is 4.79 Å². The highest BCUT2D eigenvalue weighted by Gasteiger charge is 2.13. The first-order valence-corrected chi connectivity index (χ1v) is 4.76. The highest BCUT2D eigenvalue weighted by molar-refractivity contribution is 6.07. The Kier molecular flexibility index (Phi) is 3.83. The summed E-state index contributed by atoms with van der Waals surface area (Å²) >= 11 is 0. The molecule has 0 aliphatic heterocycles. The summed E-state index contributed by atoms with van der Waals surface area (Å²) in [5.74, 6) is -1.44. The molecule has 0 spiro atoms. The number of aliphatic carboxylic acids is 1. The fourth-order valence-corrected chi connectivity index (χ4v) is 1.28. The summed E-state index contributed by atoms with van der Waals surface area (Å²) in [6.45, 7) is 1.48. The van der Waals surface area contributed by atoms with E-state index in [0.29, 0.717) is 0 Å². The summed E-state index contributed by atoms with van der Waals surface area (Å²) in [4.78, 5) is 23.6. The molecule has 16 heavy (non-hydrogen) atoms. The number of carbonyl (C=O) groups is 2. The summed E-state index contributed by atoms with van der Waals surface area (Å²) in [5, 5.41) is 8.54. The molecule has 0 bridgehead atoms. The van der Waals surface area contributed by atoms with Crippen LogP contribution in [-0.2, 0) is 9.59 Å². The van der Waals surface area contributed by atoms with Gasteiger partial charge in [-0.2, -0.15) is 0 Å². The number of hydrogen-bond acceptors (Lipinski definition) is 2. The Morgan fingerprint density at radius 3 is 2.31 bits per heavy atom. The molecule has 0 aliphatic rings. The zero-order chi connectivity index (χ0) is 12.1. The molecule has 84 valence electrons. The minimum absolute atomic E-state index is 0.193. The average molecular weight is 219 g/mol. The number of carbonyl (C=O) groups excluding carboxylic acids is 1. The Morgan fingerprint density at radius 2 is 1.81 bits per heavy atom. The number of nitrogens with zero attached hydrogens (tertiary/aromatic N) is 1. The maximum Gasteiger partial charge on any atom is 0.328 e. The highest BCUT2D eigenvalue weighted by Crippen LogP contribution is 2.13. The second-order valence-corrected chi connectivity index (χ2v) is 3.37. The minimum atomic E-state index is -1.12. The molecule has 0 saturated heterocycles. The van der Waals surface area contributed by atoms with Gasteiger partial charge in [0.05, 0.1) is 0 Å². The molecule has 0 unspecified atom stereocenters. The number of likely N-dealkylation sites (N-methyl/N-ethyl adjacent to an activating group) is 1. The normalized spacial score (nSPS) is 11.0. The Morgan fingerprint density at radius 1 is 1.25 bits per heavy atom. The number of rotatable bonds is 3. The number of anilines is 1. The van der Waals surface area contributed by atoms with Crippen molar-refractivity contribution in [2.24, 2.45) is 0 Å². The number of benzene rings is 1. The van der Waals surface area contributed by atoms with Gasteiger partial charge < -0.3 is 10.0 Å². The van der Waals surface area contributed by atoms with Crippen molar-refractivity contribution in [1.29, 1.82) is 0 Å². The predicted molar refractivity (Wildman–Crippen MR) is 61.2 cm³/mol. The number of carboxylic acid groups (broad SMARTS) is 1. The van der Waals surface area contributed by atoms with E-state index >= 15 is 0 Å². The van der Waals surface area contributed by atoms with Crippen molar-refractivity contribution in [3.63, 3.8) is 0 Å². The van der Waals surface area contributed by atoms with Crippen LogP contribution in [0.5, 0.6) is 0 Å². The molecule has 0 radical (unpaired) electrons. The number of carboxylic acids is 1. The van der Waals surface area contributed by atoms with Crippen LogP contribution < -0.4 is 4.90 Å². The van der Waals surface area contributed by atoms with Crippen LogP contribution in [0.1, 0.15) is 6.92 Å². The molecular formula is C12H13NO3. The van der Waals surface area contributed by atoms with E-state index in [1.54, 1.807) is 19.2 Å². The van der Waals surface area contributed by atoms with E-state index in [9.17, 15) is 9.59 Å². The molecule has 0 fully saturated rings. The van der Waals surface area contributed by atoms with Crippen molar-refractivity contribution in [3.8, 4) is 0 Å². The average Bonchev–Trinajstić information content (AvgIpc) is 2.27. The fraction of sp³-hybridized carbons (Fsp3) is 0.167. The van der Waals surface area contributed by atoms with E-state index in [1.165, 1.54) is 11.8 Å². The second kappa shape index (κ2) is 5.11. The Labute approximate surface area is 93.8 Å². The van der Waals surface area contributed by atoms with Crippen LogP contribution in [0.4, 0.5) is 5.69 Å². The van der Waals surface area contributed by atoms with Crippen molar-refractivity contribution < 1.29 is 14.7 Å². The van der Waals surface area contributed by atoms with E-state index in [0.717, 1.165) is 11.8 Å². The first-order valence-electron chi connectivity index (χ1n) is 4.76. The zero-order valence-electron chi connectivity index (χ0n) is 9.18. The van der Waals surface area contributed by atoms with Crippen LogP contribution >= 0.6 is 0 Å². The smallest absolute Gasteiger partial charge is 0.328 e. The van der Waals surface area contributed by atoms with E-state index < -0.39 is 5.97 Å². The van der Waals surface area contributed by atoms with Gasteiger partial charge >= 0.3 is 5.97 Å². The standard InChI is InChI=1S/C12H13NO3/c1-9(8-11(14)15)12(16)13(2)10-6-4-3-5-7-10/h3-8H,1-2H3,(H,14,15)/b9-8+. The second-order valence-electron chi connectivity index (χ2n) is 3.37. The van der Waals surface area contributed by atoms with Gasteiger partial charge in [-0.15, -0.1) is 0 Å². The predicted octanol–water partition coefficient (Wildman–Crippen LogP) is 1.68. The van der Waals surface area contributed by atoms with E-state index in [4.69, 9.17) is 5.11 Å². The fourth-order valence-electron chi connectivity index (χ4n) is 1.28. The Hall–Kier alpha value is -2.10. The van der Waals surface area contributed by atoms with Crippen molar-refractivity contribution in [3.05, 3.63) is 42.0 Å². The van der Waals surface area contributed by atoms with Crippen molar-refractivity contribution in [2.75, 3.05) is 11.9 Å². The monoisotopic (exact) mass is 219 g/mol. The summed E-state index contributed by atoms with van der Waals surface area (Å²) < 4.78 is 0. The third-order valence-electron chi connectivity index (χ3n) is 2.13. The van der Waals surface area contributed by atoms with Gasteiger partial charge in [0.2, 0.25) is 0 Å². The van der Waals surface area contributed by atoms with Gasteiger partial charge in [0.25, 0.3) is 5.91 Å². The quantitative estimate of drug-likeness (QED) is 0.787. The van der Waals surface area contributed by atoms with Crippen LogP contribution in [0.3, 0.4) is 0 Å². The first kappa shape index (κ1) is 12.0. The summed E-state index contributed by atoms with van der Waals surface area (Å²) in [6.07, 6.45) is 0.905. The Balaban J connectivity index is 2.87. The van der Waals surface area contributed by atoms with Crippen LogP contribution in [0, 0.1) is 0 Å². The van der Waals surface area contributed by atoms with E-state index in [2.05, 4.69) is 0 Å². The molecule has 0 heterocycles. The van der Waals surface area contributed by atoms with Crippen LogP contribution in [0.15, 0.2) is 42.0 Å². The molecule has 1 aromatic carbocycles. The largest absolute Gasteiger partial charge is 0.478 e. The van der Waals surface area contributed by atoms with Gasteiger partial charge in [0.15, 0.2) is 0 Å². The van der Waals surface area contributed by atoms with Gasteiger partial charge in [0.1, 0.15) is 0 Å². The third-order valence-corrected chi connectivity index (χ3v) is 2.13. The van der Waals surface area contributed by atoms with Crippen LogP contribution in [-0.4, -0.2) is 24.0 Å². The molecule has 0 aromatic heterocycles. The summed E-state index contributed by atoms with van der Waals surface area (Å²) in [7, 11) is 1.61. The van der Waals surface area contributed by atoms with Gasteiger partial charge in [-0.1, -0.05) is 18.2 Å². The maximum atomic E-state index is 11.8. The Bertz CT molecular complexity index is 423. The van der Waals surface area contributed by atoms with Crippen LogP contribution in [0.25, 0.3) is 0 Å². The lowest BCUT2D eigenvalue weighted by Crippen LogP contribution is -2.27. The molecule has 4 nitrogen and oxygen atoms in total. The van der Waals surface area contributed by atoms with Gasteiger partial charge in [-0.3, -0.25) is 4.79 Å². The number of para-hydroxylation sites is 1. The molecule has 1 amide bonds. The topological polar surface area (TPSA) is 57.6 Å². The third kappa shape index (κ3) is 2.95. The lowest BCUT2D eigenvalue weighted by Gasteiger charge is -2.17. The highest BCUT2D eigenvalue weighted by atomic mass is 16.4. The van der Waals surface area contributed by atoms with Crippen molar-refractivity contribution in [1.82, 2.24) is 0 Å². The molecule has 1 N–H and O–H groups in total. The van der Waals surface area contributed by atoms with E-state index in [1.807, 2.05) is 18.2 Å². The zero-order valence-corrected chi connectivity index (χ0v) is 9.18. The minimum Gasteiger partial charge on any atom is -0.478 e. The molecular weight excluding hydrogens is 206 g/mol. The summed E-state index contributed by atoms with van der Waals surface area (Å²) in [6, 6.07) is 9.05. The molecule has 1 aromatic rings. The maximum absolute atomic E-state index is 11.8. The summed E-state index contributed by atoms with van der Waals surface area (Å²) in [5.41, 5.74) is 0.921. The number of hydrogen-bond donors (Lipinski definition) is 1. The first-order chi connectivity index (χ1) is 7.52. The van der Waals surface area contributed by atoms with Crippen molar-refractivity contribution >= 4 is 17.6 Å². The van der Waals surface area contributed by atoms with Crippen LogP contribution in [0.2, 0.25) is 0 Å². The SMILES string of the molecule is C/C(=C\C(=O)O)C(=O)N(C)c1ccccc1. The molecule has 0 aliphatic carbocycles. The number of amides is 1. The lowest BCUT2D eigenvalue weighted by atomic mass is 10.2. The van der Waals surface area contributed by atoms with Crippen molar-refractivity contribution in [2.45, 2.75) is 6.92 Å².